The van der Waals surface area contributed by atoms with Gasteiger partial charge in [-0.3, -0.25) is 9.35 Å². The second-order valence-corrected chi connectivity index (χ2v) is 4.14. The van der Waals surface area contributed by atoms with Gasteiger partial charge in [-0.1, -0.05) is 36.9 Å². The number of benzene rings is 1. The van der Waals surface area contributed by atoms with Crippen LogP contribution in [0.5, 0.6) is 0 Å². The Kier molecular flexibility index (Phi) is 6.54. The predicted molar refractivity (Wildman–Crippen MR) is 66.4 cm³/mol. The van der Waals surface area contributed by atoms with Crippen molar-refractivity contribution in [1.29, 1.82) is 0 Å². The Hall–Kier alpha value is -1.92. The van der Waals surface area contributed by atoms with Crippen LogP contribution in [0.3, 0.4) is 0 Å². The van der Waals surface area contributed by atoms with Crippen LogP contribution in [0, 0.1) is 0 Å². The smallest absolute Gasteiger partial charge is 0.287 e. The van der Waals surface area contributed by atoms with Crippen LogP contribution in [-0.2, 0) is 14.9 Å². The highest BCUT2D eigenvalue weighted by Gasteiger charge is 1.94. The molecule has 6 heteroatoms. The number of carbonyl (C=O) groups excluding carboxylic acids is 1. The van der Waals surface area contributed by atoms with Crippen LogP contribution in [0.25, 0.3) is 6.08 Å². The molecule has 1 amide bonds. The molecule has 5 nitrogen and oxygen atoms in total. The van der Waals surface area contributed by atoms with E-state index in [4.69, 9.17) is 4.55 Å². The first-order chi connectivity index (χ1) is 7.85. The maximum absolute atomic E-state index is 10.3. The van der Waals surface area contributed by atoms with Crippen molar-refractivity contribution in [2.24, 2.45) is 5.73 Å². The number of hydrogen-bond acceptors (Lipinski definition) is 3. The highest BCUT2D eigenvalue weighted by molar-refractivity contribution is 7.88. The summed E-state index contributed by atoms with van der Waals surface area (Å²) in [5.74, 6) is -0.481. The highest BCUT2D eigenvalue weighted by Crippen LogP contribution is 2.01. The molecule has 0 aliphatic rings. The van der Waals surface area contributed by atoms with Gasteiger partial charge in [-0.15, -0.1) is 0 Å². The Morgan fingerprint density at radius 1 is 1.29 bits per heavy atom. The lowest BCUT2D eigenvalue weighted by atomic mass is 10.2. The van der Waals surface area contributed by atoms with E-state index in [0.29, 0.717) is 0 Å². The third kappa shape index (κ3) is 10.4. The minimum absolute atomic E-state index is 0.481. The van der Waals surface area contributed by atoms with E-state index in [1.54, 1.807) is 24.3 Å². The van der Waals surface area contributed by atoms with Crippen LogP contribution >= 0.6 is 0 Å². The largest absolute Gasteiger partial charge is 0.366 e. The van der Waals surface area contributed by atoms with Gasteiger partial charge in [0, 0.05) is 0 Å². The molecule has 0 aliphatic carbocycles. The summed E-state index contributed by atoms with van der Waals surface area (Å²) in [6.07, 6.45) is 2.38. The third-order valence-corrected chi connectivity index (χ3v) is 1.91. The SMILES string of the molecule is C=CC(N)=O.O=S(=O)(O)C=Cc1ccccc1. The molecule has 0 bridgehead atoms. The fraction of sp³-hybridized carbons (Fsp3) is 0. The van der Waals surface area contributed by atoms with Gasteiger partial charge in [0.2, 0.25) is 5.91 Å². The van der Waals surface area contributed by atoms with Crippen molar-refractivity contribution >= 4 is 22.1 Å². The molecule has 17 heavy (non-hydrogen) atoms. The van der Waals surface area contributed by atoms with Gasteiger partial charge in [0.1, 0.15) is 0 Å². The Morgan fingerprint density at radius 3 is 2.12 bits per heavy atom. The summed E-state index contributed by atoms with van der Waals surface area (Å²) in [4.78, 5) is 9.47. The van der Waals surface area contributed by atoms with Crippen molar-refractivity contribution in [3.05, 3.63) is 54.0 Å². The van der Waals surface area contributed by atoms with E-state index in [9.17, 15) is 13.2 Å². The lowest BCUT2D eigenvalue weighted by Gasteiger charge is -1.89. The minimum atomic E-state index is -4.00. The summed E-state index contributed by atoms with van der Waals surface area (Å²) in [7, 11) is -4.00. The van der Waals surface area contributed by atoms with Crippen LogP contribution in [0.1, 0.15) is 5.56 Å². The number of primary amides is 1. The second kappa shape index (κ2) is 7.37. The molecule has 1 rings (SSSR count). The molecule has 0 radical (unpaired) electrons. The summed E-state index contributed by atoms with van der Waals surface area (Å²) in [5, 5.41) is 0.752. The highest BCUT2D eigenvalue weighted by atomic mass is 32.2. The molecule has 0 spiro atoms. The van der Waals surface area contributed by atoms with E-state index >= 15 is 0 Å². The Bertz CT molecular complexity index is 491. The van der Waals surface area contributed by atoms with Crippen molar-refractivity contribution in [3.8, 4) is 0 Å². The summed E-state index contributed by atoms with van der Waals surface area (Å²) in [6, 6.07) is 8.86. The zero-order valence-corrected chi connectivity index (χ0v) is 9.80. The van der Waals surface area contributed by atoms with E-state index in [-0.39, 0.29) is 0 Å². The second-order valence-electron chi connectivity index (χ2n) is 2.83. The van der Waals surface area contributed by atoms with E-state index in [2.05, 4.69) is 12.3 Å². The molecule has 0 aromatic heterocycles. The normalized spacial score (nSPS) is 10.4. The van der Waals surface area contributed by atoms with Gasteiger partial charge in [0.25, 0.3) is 10.1 Å². The van der Waals surface area contributed by atoms with E-state index in [1.807, 2.05) is 6.07 Å². The average Bonchev–Trinajstić information content (AvgIpc) is 2.28. The van der Waals surface area contributed by atoms with Crippen molar-refractivity contribution < 1.29 is 17.8 Å². The molecular formula is C11H13NO4S. The van der Waals surface area contributed by atoms with Gasteiger partial charge in [-0.25, -0.2) is 0 Å². The Morgan fingerprint density at radius 2 is 1.76 bits per heavy atom. The predicted octanol–water partition coefficient (Wildman–Crippen LogP) is 1.20. The molecule has 0 fully saturated rings. The van der Waals surface area contributed by atoms with E-state index in [0.717, 1.165) is 17.0 Å². The van der Waals surface area contributed by atoms with Crippen LogP contribution in [0.15, 0.2) is 48.4 Å². The molecule has 92 valence electrons. The van der Waals surface area contributed by atoms with E-state index in [1.165, 1.54) is 6.08 Å². The zero-order valence-electron chi connectivity index (χ0n) is 8.98. The number of nitrogens with two attached hydrogens (primary N) is 1. The monoisotopic (exact) mass is 255 g/mol. The average molecular weight is 255 g/mol. The first kappa shape index (κ1) is 15.1. The van der Waals surface area contributed by atoms with Crippen LogP contribution in [0.4, 0.5) is 0 Å². The standard InChI is InChI=1S/C8H8O3S.C3H5NO/c9-12(10,11)7-6-8-4-2-1-3-5-8;1-2-3(4)5/h1-7H,(H,9,10,11);2H,1H2,(H2,4,5). The number of amides is 1. The molecule has 0 saturated heterocycles. The van der Waals surface area contributed by atoms with Crippen molar-refractivity contribution in [1.82, 2.24) is 0 Å². The van der Waals surface area contributed by atoms with Gasteiger partial charge < -0.3 is 5.73 Å². The molecule has 0 atom stereocenters. The zero-order chi connectivity index (χ0) is 13.3. The van der Waals surface area contributed by atoms with Gasteiger partial charge in [0.15, 0.2) is 0 Å². The van der Waals surface area contributed by atoms with Gasteiger partial charge in [-0.05, 0) is 17.7 Å². The maximum atomic E-state index is 10.3. The molecule has 0 aliphatic heterocycles. The van der Waals surface area contributed by atoms with Gasteiger partial charge >= 0.3 is 0 Å². The van der Waals surface area contributed by atoms with Crippen molar-refractivity contribution in [2.75, 3.05) is 0 Å². The molecule has 0 heterocycles. The molecule has 1 aromatic rings. The summed E-state index contributed by atoms with van der Waals surface area (Å²) in [5.41, 5.74) is 5.27. The minimum Gasteiger partial charge on any atom is -0.366 e. The fourth-order valence-electron chi connectivity index (χ4n) is 0.729. The fourth-order valence-corrected chi connectivity index (χ4v) is 1.06. The quantitative estimate of drug-likeness (QED) is 0.626. The third-order valence-electron chi connectivity index (χ3n) is 1.43. The first-order valence-electron chi connectivity index (χ1n) is 4.47. The number of rotatable bonds is 3. The maximum Gasteiger partial charge on any atom is 0.287 e. The Balaban J connectivity index is 0.000000437. The molecule has 0 unspecified atom stereocenters. The van der Waals surface area contributed by atoms with Gasteiger partial charge in [-0.2, -0.15) is 8.42 Å². The number of hydrogen-bond donors (Lipinski definition) is 2. The molecule has 0 saturated carbocycles. The molecule has 1 aromatic carbocycles. The summed E-state index contributed by atoms with van der Waals surface area (Å²) in [6.45, 7) is 3.09. The van der Waals surface area contributed by atoms with Crippen LogP contribution < -0.4 is 5.73 Å². The Labute approximate surface area is 100 Å². The molecule has 3 N–H and O–H groups in total. The summed E-state index contributed by atoms with van der Waals surface area (Å²) >= 11 is 0. The van der Waals surface area contributed by atoms with E-state index < -0.39 is 16.0 Å². The lowest BCUT2D eigenvalue weighted by molar-refractivity contribution is -0.113. The first-order valence-corrected chi connectivity index (χ1v) is 5.98. The van der Waals surface area contributed by atoms with Gasteiger partial charge in [0.05, 0.1) is 5.41 Å². The van der Waals surface area contributed by atoms with Crippen molar-refractivity contribution in [2.45, 2.75) is 0 Å². The lowest BCUT2D eigenvalue weighted by Crippen LogP contribution is -2.04. The van der Waals surface area contributed by atoms with Crippen LogP contribution in [0.2, 0.25) is 0 Å². The van der Waals surface area contributed by atoms with Crippen LogP contribution in [-0.4, -0.2) is 18.9 Å². The molecular weight excluding hydrogens is 242 g/mol. The summed E-state index contributed by atoms with van der Waals surface area (Å²) < 4.78 is 28.9. The van der Waals surface area contributed by atoms with Crippen molar-refractivity contribution in [3.63, 3.8) is 0 Å². The topological polar surface area (TPSA) is 97.5 Å². The number of carbonyl (C=O) groups is 1.